The number of hydrogen-bond acceptors (Lipinski definition) is 5. The summed E-state index contributed by atoms with van der Waals surface area (Å²) < 4.78 is 0. The second-order valence-electron chi connectivity index (χ2n) is 5.50. The normalized spacial score (nSPS) is 19.9. The number of nitrogens with zero attached hydrogens (tertiary/aromatic N) is 4. The Bertz CT molecular complexity index is 688. The number of carboxylic acid groups (broad SMARTS) is 1. The van der Waals surface area contributed by atoms with E-state index < -0.39 is 5.97 Å². The molecule has 1 fully saturated rings. The third-order valence-corrected chi connectivity index (χ3v) is 3.88. The molecule has 3 rings (SSSR count). The zero-order valence-corrected chi connectivity index (χ0v) is 12.2. The number of para-hydroxylation sites is 1. The zero-order valence-electron chi connectivity index (χ0n) is 12.2. The monoisotopic (exact) mass is 286 g/mol. The van der Waals surface area contributed by atoms with Gasteiger partial charge in [-0.25, -0.2) is 14.8 Å². The lowest BCUT2D eigenvalue weighted by Crippen LogP contribution is -2.51. The molecule has 1 unspecified atom stereocenters. The highest BCUT2D eigenvalue weighted by Gasteiger charge is 2.25. The lowest BCUT2D eigenvalue weighted by atomic mass is 10.1. The molecule has 1 aromatic carbocycles. The van der Waals surface area contributed by atoms with E-state index in [2.05, 4.69) is 33.7 Å². The van der Waals surface area contributed by atoms with Gasteiger partial charge in [0.15, 0.2) is 0 Å². The van der Waals surface area contributed by atoms with Crippen molar-refractivity contribution in [2.24, 2.45) is 0 Å². The van der Waals surface area contributed by atoms with Crippen molar-refractivity contribution in [3.8, 4) is 0 Å². The van der Waals surface area contributed by atoms with E-state index in [0.29, 0.717) is 5.52 Å². The topological polar surface area (TPSA) is 69.6 Å². The highest BCUT2D eigenvalue weighted by Crippen LogP contribution is 2.26. The van der Waals surface area contributed by atoms with Gasteiger partial charge in [0.25, 0.3) is 0 Å². The van der Waals surface area contributed by atoms with Crippen LogP contribution < -0.4 is 4.90 Å². The zero-order chi connectivity index (χ0) is 15.0. The van der Waals surface area contributed by atoms with Gasteiger partial charge in [0.2, 0.25) is 5.82 Å². The molecule has 0 radical (unpaired) electrons. The Morgan fingerprint density at radius 1 is 1.29 bits per heavy atom. The van der Waals surface area contributed by atoms with Crippen LogP contribution in [-0.2, 0) is 0 Å². The number of benzene rings is 1. The van der Waals surface area contributed by atoms with Crippen molar-refractivity contribution in [2.45, 2.75) is 13.0 Å². The van der Waals surface area contributed by atoms with E-state index in [1.165, 1.54) is 0 Å². The molecule has 1 atom stereocenters. The Balaban J connectivity index is 2.14. The fourth-order valence-electron chi connectivity index (χ4n) is 2.83. The van der Waals surface area contributed by atoms with Gasteiger partial charge in [0.1, 0.15) is 5.82 Å². The quantitative estimate of drug-likeness (QED) is 0.901. The molecule has 0 saturated carbocycles. The SMILES string of the molecule is CC1CN(C)CCN1c1nc(C(=O)O)nc2ccccc12. The molecule has 1 aromatic heterocycles. The standard InChI is InChI=1S/C15H18N4O2/c1-10-9-18(2)7-8-19(10)14-11-5-3-4-6-12(11)16-13(17-14)15(20)21/h3-6,10H,7-9H2,1-2H3,(H,20,21). The summed E-state index contributed by atoms with van der Waals surface area (Å²) in [4.78, 5) is 24.1. The van der Waals surface area contributed by atoms with Gasteiger partial charge in [-0.15, -0.1) is 0 Å². The number of anilines is 1. The fourth-order valence-corrected chi connectivity index (χ4v) is 2.83. The van der Waals surface area contributed by atoms with E-state index in [4.69, 9.17) is 0 Å². The molecule has 2 heterocycles. The number of carboxylic acids is 1. The van der Waals surface area contributed by atoms with Crippen molar-refractivity contribution in [1.82, 2.24) is 14.9 Å². The van der Waals surface area contributed by atoms with Crippen molar-refractivity contribution in [1.29, 1.82) is 0 Å². The number of likely N-dealkylation sites (N-methyl/N-ethyl adjacent to an activating group) is 1. The summed E-state index contributed by atoms with van der Waals surface area (Å²) in [6, 6.07) is 7.84. The Morgan fingerprint density at radius 2 is 2.05 bits per heavy atom. The van der Waals surface area contributed by atoms with Crippen LogP contribution in [0.5, 0.6) is 0 Å². The third kappa shape index (κ3) is 2.54. The lowest BCUT2D eigenvalue weighted by Gasteiger charge is -2.39. The van der Waals surface area contributed by atoms with Gasteiger partial charge in [0.05, 0.1) is 5.52 Å². The van der Waals surface area contributed by atoms with Gasteiger partial charge in [-0.1, -0.05) is 12.1 Å². The highest BCUT2D eigenvalue weighted by molar-refractivity contribution is 5.94. The van der Waals surface area contributed by atoms with Crippen molar-refractivity contribution in [3.05, 3.63) is 30.1 Å². The van der Waals surface area contributed by atoms with Gasteiger partial charge in [-0.05, 0) is 26.1 Å². The molecule has 0 bridgehead atoms. The fraction of sp³-hybridized carbons (Fsp3) is 0.400. The largest absolute Gasteiger partial charge is 0.475 e. The minimum Gasteiger partial charge on any atom is -0.475 e. The molecule has 0 aliphatic carbocycles. The Morgan fingerprint density at radius 3 is 2.76 bits per heavy atom. The number of rotatable bonds is 2. The summed E-state index contributed by atoms with van der Waals surface area (Å²) >= 11 is 0. The van der Waals surface area contributed by atoms with E-state index in [1.807, 2.05) is 24.3 Å². The maximum atomic E-state index is 11.3. The summed E-state index contributed by atoms with van der Waals surface area (Å²) in [5.74, 6) is -0.516. The average Bonchev–Trinajstić information content (AvgIpc) is 2.46. The number of piperazine rings is 1. The summed E-state index contributed by atoms with van der Waals surface area (Å²) in [7, 11) is 2.09. The molecular weight excluding hydrogens is 268 g/mol. The van der Waals surface area contributed by atoms with Crippen LogP contribution in [0.25, 0.3) is 10.9 Å². The predicted molar refractivity (Wildman–Crippen MR) is 80.8 cm³/mol. The number of fused-ring (bicyclic) bond motifs is 1. The lowest BCUT2D eigenvalue weighted by molar-refractivity contribution is 0.0684. The van der Waals surface area contributed by atoms with Crippen molar-refractivity contribution < 1.29 is 9.90 Å². The van der Waals surface area contributed by atoms with Gasteiger partial charge in [-0.3, -0.25) is 0 Å². The molecule has 0 spiro atoms. The van der Waals surface area contributed by atoms with E-state index in [9.17, 15) is 9.90 Å². The molecule has 1 aliphatic rings. The predicted octanol–water partition coefficient (Wildman–Crippen LogP) is 1.47. The van der Waals surface area contributed by atoms with Crippen LogP contribution >= 0.6 is 0 Å². The van der Waals surface area contributed by atoms with Crippen LogP contribution in [0.4, 0.5) is 5.82 Å². The van der Waals surface area contributed by atoms with Crippen LogP contribution in [0.2, 0.25) is 0 Å². The molecule has 1 N–H and O–H groups in total. The minimum absolute atomic E-state index is 0.144. The first-order valence-electron chi connectivity index (χ1n) is 7.01. The summed E-state index contributed by atoms with van der Waals surface area (Å²) in [5, 5.41) is 10.1. The Kier molecular flexibility index (Phi) is 3.47. The number of hydrogen-bond donors (Lipinski definition) is 1. The first-order chi connectivity index (χ1) is 10.1. The highest BCUT2D eigenvalue weighted by atomic mass is 16.4. The molecule has 21 heavy (non-hydrogen) atoms. The number of aromatic nitrogens is 2. The van der Waals surface area contributed by atoms with Crippen LogP contribution in [-0.4, -0.2) is 58.7 Å². The average molecular weight is 286 g/mol. The van der Waals surface area contributed by atoms with Crippen LogP contribution in [0, 0.1) is 0 Å². The van der Waals surface area contributed by atoms with Gasteiger partial charge in [0, 0.05) is 31.1 Å². The van der Waals surface area contributed by atoms with Gasteiger partial charge < -0.3 is 14.9 Å². The molecule has 1 aliphatic heterocycles. The van der Waals surface area contributed by atoms with Gasteiger partial charge >= 0.3 is 5.97 Å². The molecule has 0 amide bonds. The summed E-state index contributed by atoms with van der Waals surface area (Å²) in [6.45, 7) is 4.83. The maximum Gasteiger partial charge on any atom is 0.374 e. The van der Waals surface area contributed by atoms with Gasteiger partial charge in [-0.2, -0.15) is 0 Å². The summed E-state index contributed by atoms with van der Waals surface area (Å²) in [6.07, 6.45) is 0. The van der Waals surface area contributed by atoms with Crippen molar-refractivity contribution in [2.75, 3.05) is 31.6 Å². The van der Waals surface area contributed by atoms with Crippen molar-refractivity contribution >= 4 is 22.7 Å². The Labute approximate surface area is 123 Å². The van der Waals surface area contributed by atoms with Crippen LogP contribution in [0.15, 0.2) is 24.3 Å². The smallest absolute Gasteiger partial charge is 0.374 e. The van der Waals surface area contributed by atoms with E-state index >= 15 is 0 Å². The molecule has 1 saturated heterocycles. The van der Waals surface area contributed by atoms with Crippen LogP contribution in [0.3, 0.4) is 0 Å². The molecule has 6 nitrogen and oxygen atoms in total. The maximum absolute atomic E-state index is 11.3. The molecule has 2 aromatic rings. The van der Waals surface area contributed by atoms with E-state index in [1.54, 1.807) is 0 Å². The Hall–Kier alpha value is -2.21. The second kappa shape index (κ2) is 5.29. The number of carbonyl (C=O) groups is 1. The number of aromatic carboxylic acids is 1. The molecular formula is C15H18N4O2. The first-order valence-corrected chi connectivity index (χ1v) is 7.01. The second-order valence-corrected chi connectivity index (χ2v) is 5.50. The molecule has 6 heteroatoms. The van der Waals surface area contributed by atoms with Crippen molar-refractivity contribution in [3.63, 3.8) is 0 Å². The van der Waals surface area contributed by atoms with Crippen LogP contribution in [0.1, 0.15) is 17.5 Å². The molecule has 110 valence electrons. The van der Waals surface area contributed by atoms with E-state index in [-0.39, 0.29) is 11.9 Å². The first kappa shape index (κ1) is 13.8. The third-order valence-electron chi connectivity index (χ3n) is 3.88. The minimum atomic E-state index is -1.09. The van der Waals surface area contributed by atoms with E-state index in [0.717, 1.165) is 30.8 Å². The summed E-state index contributed by atoms with van der Waals surface area (Å²) in [5.41, 5.74) is 0.672.